The SMILES string of the molecule is CC(=O)CCCCN(C)C(=S)S. The lowest BCUT2D eigenvalue weighted by Crippen LogP contribution is -2.21. The molecule has 0 saturated heterocycles. The number of thiocarbonyl (C=S) groups is 1. The third-order valence-corrected chi connectivity index (χ3v) is 2.25. The van der Waals surface area contributed by atoms with E-state index < -0.39 is 0 Å². The van der Waals surface area contributed by atoms with Gasteiger partial charge < -0.3 is 9.69 Å². The van der Waals surface area contributed by atoms with Gasteiger partial charge >= 0.3 is 0 Å². The largest absolute Gasteiger partial charge is 0.361 e. The minimum atomic E-state index is 0.256. The van der Waals surface area contributed by atoms with Crippen LogP contribution in [0.5, 0.6) is 0 Å². The van der Waals surface area contributed by atoms with Crippen molar-refractivity contribution < 1.29 is 4.79 Å². The smallest absolute Gasteiger partial charge is 0.133 e. The maximum absolute atomic E-state index is 10.6. The lowest BCUT2D eigenvalue weighted by atomic mass is 10.2. The Hall–Kier alpha value is -0.0900. The monoisotopic (exact) mass is 205 g/mol. The van der Waals surface area contributed by atoms with Crippen molar-refractivity contribution in [2.24, 2.45) is 0 Å². The number of nitrogens with zero attached hydrogens (tertiary/aromatic N) is 1. The molecule has 0 spiro atoms. The Morgan fingerprint density at radius 1 is 1.50 bits per heavy atom. The summed E-state index contributed by atoms with van der Waals surface area (Å²) >= 11 is 8.87. The van der Waals surface area contributed by atoms with E-state index in [9.17, 15) is 4.79 Å². The average Bonchev–Trinajstić information content (AvgIpc) is 1.97. The van der Waals surface area contributed by atoms with E-state index in [1.165, 1.54) is 0 Å². The fourth-order valence-electron chi connectivity index (χ4n) is 0.819. The first kappa shape index (κ1) is 11.9. The molecule has 0 heterocycles. The number of hydrogen-bond donors (Lipinski definition) is 1. The van der Waals surface area contributed by atoms with Gasteiger partial charge in [0.25, 0.3) is 0 Å². The first-order chi connectivity index (χ1) is 5.54. The van der Waals surface area contributed by atoms with E-state index in [4.69, 9.17) is 12.2 Å². The van der Waals surface area contributed by atoms with Gasteiger partial charge in [0.15, 0.2) is 0 Å². The zero-order valence-corrected chi connectivity index (χ0v) is 9.25. The minimum absolute atomic E-state index is 0.256. The van der Waals surface area contributed by atoms with Crippen LogP contribution in [0.4, 0.5) is 0 Å². The van der Waals surface area contributed by atoms with Gasteiger partial charge in [-0.1, -0.05) is 12.2 Å². The Morgan fingerprint density at radius 3 is 2.50 bits per heavy atom. The molecule has 0 unspecified atom stereocenters. The van der Waals surface area contributed by atoms with Gasteiger partial charge in [0.05, 0.1) is 0 Å². The van der Waals surface area contributed by atoms with Crippen molar-refractivity contribution in [1.82, 2.24) is 4.90 Å². The van der Waals surface area contributed by atoms with Crippen molar-refractivity contribution in [2.45, 2.75) is 26.2 Å². The third-order valence-electron chi connectivity index (χ3n) is 1.60. The summed E-state index contributed by atoms with van der Waals surface area (Å²) < 4.78 is 0.609. The summed E-state index contributed by atoms with van der Waals surface area (Å²) in [4.78, 5) is 12.5. The van der Waals surface area contributed by atoms with Gasteiger partial charge in [0.2, 0.25) is 0 Å². The van der Waals surface area contributed by atoms with Gasteiger partial charge in [0.1, 0.15) is 10.1 Å². The molecule has 0 amide bonds. The maximum atomic E-state index is 10.6. The molecule has 0 aliphatic carbocycles. The fourth-order valence-corrected chi connectivity index (χ4v) is 1.01. The molecule has 0 saturated carbocycles. The van der Waals surface area contributed by atoms with Crippen LogP contribution in [0.2, 0.25) is 0 Å². The zero-order valence-electron chi connectivity index (χ0n) is 7.54. The highest BCUT2D eigenvalue weighted by Gasteiger charge is 1.99. The number of carbonyl (C=O) groups excluding carboxylic acids is 1. The Labute approximate surface area is 84.7 Å². The Morgan fingerprint density at radius 2 is 2.08 bits per heavy atom. The van der Waals surface area contributed by atoms with Crippen molar-refractivity contribution in [2.75, 3.05) is 13.6 Å². The second-order valence-electron chi connectivity index (χ2n) is 2.86. The van der Waals surface area contributed by atoms with Crippen LogP contribution in [-0.4, -0.2) is 28.6 Å². The standard InChI is InChI=1S/C8H15NOS2/c1-7(10)5-3-4-6-9(2)8(11)12/h3-6H2,1-2H3,(H,11,12). The number of carbonyl (C=O) groups is 1. The summed E-state index contributed by atoms with van der Waals surface area (Å²) in [6.07, 6.45) is 2.61. The maximum Gasteiger partial charge on any atom is 0.133 e. The van der Waals surface area contributed by atoms with E-state index in [1.807, 2.05) is 11.9 Å². The van der Waals surface area contributed by atoms with Crippen molar-refractivity contribution in [3.8, 4) is 0 Å². The van der Waals surface area contributed by atoms with Crippen LogP contribution in [0, 0.1) is 0 Å². The van der Waals surface area contributed by atoms with Crippen LogP contribution in [-0.2, 0) is 4.79 Å². The zero-order chi connectivity index (χ0) is 9.56. The predicted octanol–water partition coefficient (Wildman–Crippen LogP) is 1.89. The Kier molecular flexibility index (Phi) is 6.38. The molecule has 0 atom stereocenters. The Bertz CT molecular complexity index is 170. The van der Waals surface area contributed by atoms with Crippen LogP contribution >= 0.6 is 24.8 Å². The average molecular weight is 205 g/mol. The van der Waals surface area contributed by atoms with Crippen LogP contribution < -0.4 is 0 Å². The molecule has 0 N–H and O–H groups in total. The highest BCUT2D eigenvalue weighted by Crippen LogP contribution is 2.00. The Balaban J connectivity index is 3.31. The number of hydrogen-bond acceptors (Lipinski definition) is 2. The second-order valence-corrected chi connectivity index (χ2v) is 3.98. The highest BCUT2D eigenvalue weighted by molar-refractivity contribution is 8.10. The first-order valence-electron chi connectivity index (χ1n) is 3.97. The highest BCUT2D eigenvalue weighted by atomic mass is 32.1. The van der Waals surface area contributed by atoms with E-state index in [0.717, 1.165) is 19.4 Å². The molecule has 0 bridgehead atoms. The van der Waals surface area contributed by atoms with Gasteiger partial charge in [-0.3, -0.25) is 0 Å². The van der Waals surface area contributed by atoms with Gasteiger partial charge in [-0.05, 0) is 19.8 Å². The molecule has 0 aromatic carbocycles. The predicted molar refractivity (Wildman–Crippen MR) is 58.7 cm³/mol. The van der Waals surface area contributed by atoms with Gasteiger partial charge in [0, 0.05) is 20.0 Å². The molecule has 4 heteroatoms. The quantitative estimate of drug-likeness (QED) is 0.420. The molecule has 0 aliphatic heterocycles. The summed E-state index contributed by atoms with van der Waals surface area (Å²) in [5.41, 5.74) is 0. The van der Waals surface area contributed by atoms with E-state index in [0.29, 0.717) is 10.7 Å². The summed E-state index contributed by atoms with van der Waals surface area (Å²) in [6, 6.07) is 0. The van der Waals surface area contributed by atoms with Crippen molar-refractivity contribution in [3.63, 3.8) is 0 Å². The summed E-state index contributed by atoms with van der Waals surface area (Å²) in [7, 11) is 1.91. The molecule has 0 aliphatic rings. The van der Waals surface area contributed by atoms with Gasteiger partial charge in [-0.25, -0.2) is 0 Å². The molecule has 0 aromatic heterocycles. The minimum Gasteiger partial charge on any atom is -0.361 e. The number of Topliss-reactive ketones (excluding diaryl/α,β-unsaturated/α-hetero) is 1. The number of rotatable bonds is 5. The fraction of sp³-hybridized carbons (Fsp3) is 0.750. The molecule has 0 aromatic rings. The van der Waals surface area contributed by atoms with E-state index >= 15 is 0 Å². The summed E-state index contributed by atoms with van der Waals surface area (Å²) in [5, 5.41) is 0. The molecule has 0 radical (unpaired) electrons. The molecule has 0 rings (SSSR count). The number of thiol groups is 1. The van der Waals surface area contributed by atoms with E-state index in [1.54, 1.807) is 6.92 Å². The lowest BCUT2D eigenvalue weighted by molar-refractivity contribution is -0.117. The van der Waals surface area contributed by atoms with Gasteiger partial charge in [-0.15, -0.1) is 12.6 Å². The molecular formula is C8H15NOS2. The number of ketones is 1. The first-order valence-corrected chi connectivity index (χ1v) is 4.83. The second kappa shape index (κ2) is 6.43. The van der Waals surface area contributed by atoms with Crippen LogP contribution in [0.3, 0.4) is 0 Å². The van der Waals surface area contributed by atoms with Crippen molar-refractivity contribution >= 4 is 35.0 Å². The van der Waals surface area contributed by atoms with E-state index in [2.05, 4.69) is 12.6 Å². The van der Waals surface area contributed by atoms with Crippen LogP contribution in [0.25, 0.3) is 0 Å². The van der Waals surface area contributed by atoms with Crippen molar-refractivity contribution in [3.05, 3.63) is 0 Å². The van der Waals surface area contributed by atoms with E-state index in [-0.39, 0.29) is 5.78 Å². The molecule has 2 nitrogen and oxygen atoms in total. The molecular weight excluding hydrogens is 190 g/mol. The van der Waals surface area contributed by atoms with Crippen LogP contribution in [0.15, 0.2) is 0 Å². The summed E-state index contributed by atoms with van der Waals surface area (Å²) in [5.74, 6) is 0.256. The van der Waals surface area contributed by atoms with Crippen LogP contribution in [0.1, 0.15) is 26.2 Å². The van der Waals surface area contributed by atoms with Gasteiger partial charge in [-0.2, -0.15) is 0 Å². The normalized spacial score (nSPS) is 9.58. The number of unbranched alkanes of at least 4 members (excludes halogenated alkanes) is 1. The molecule has 0 fully saturated rings. The molecule has 12 heavy (non-hydrogen) atoms. The molecule has 70 valence electrons. The van der Waals surface area contributed by atoms with Crippen molar-refractivity contribution in [1.29, 1.82) is 0 Å². The lowest BCUT2D eigenvalue weighted by Gasteiger charge is -2.15. The topological polar surface area (TPSA) is 20.3 Å². The third kappa shape index (κ3) is 6.61. The summed E-state index contributed by atoms with van der Waals surface area (Å²) in [6.45, 7) is 2.50.